The molecule has 2 atom stereocenters. The molecule has 4 nitrogen and oxygen atoms in total. The third kappa shape index (κ3) is 6.42. The zero-order valence-corrected chi connectivity index (χ0v) is 16.2. The average Bonchev–Trinajstić information content (AvgIpc) is 3.21. The van der Waals surface area contributed by atoms with E-state index in [1.54, 1.807) is 0 Å². The fraction of sp³-hybridized carbons (Fsp3) is 0.588. The number of nitrogens with one attached hydrogen (secondary N) is 2. The van der Waals surface area contributed by atoms with Crippen molar-refractivity contribution in [3.05, 3.63) is 30.3 Å². The van der Waals surface area contributed by atoms with Gasteiger partial charge >= 0.3 is 0 Å². The maximum Gasteiger partial charge on any atom is 0.191 e. The van der Waals surface area contributed by atoms with Crippen molar-refractivity contribution in [2.75, 3.05) is 32.1 Å². The molecule has 0 aromatic heterocycles. The summed E-state index contributed by atoms with van der Waals surface area (Å²) in [5.41, 5.74) is 1.28. The van der Waals surface area contributed by atoms with Crippen molar-refractivity contribution in [3.63, 3.8) is 0 Å². The number of hydrogen-bond acceptors (Lipinski definition) is 2. The lowest BCUT2D eigenvalue weighted by Gasteiger charge is -2.19. The van der Waals surface area contributed by atoms with Gasteiger partial charge in [0.25, 0.3) is 0 Å². The van der Waals surface area contributed by atoms with Crippen LogP contribution >= 0.6 is 24.0 Å². The highest BCUT2D eigenvalue weighted by molar-refractivity contribution is 14.0. The van der Waals surface area contributed by atoms with Crippen molar-refractivity contribution in [3.8, 4) is 0 Å². The molecule has 1 aromatic rings. The van der Waals surface area contributed by atoms with Gasteiger partial charge < -0.3 is 15.5 Å². The first kappa shape index (κ1) is 19.1. The Labute approximate surface area is 151 Å². The number of aliphatic imine (C=N–C) groups is 1. The zero-order chi connectivity index (χ0) is 15.1. The van der Waals surface area contributed by atoms with Gasteiger partial charge in [0.15, 0.2) is 5.96 Å². The lowest BCUT2D eigenvalue weighted by molar-refractivity contribution is 0.682. The molecule has 0 aliphatic heterocycles. The summed E-state index contributed by atoms with van der Waals surface area (Å²) in [6, 6.07) is 11.2. The normalized spacial score (nSPS) is 20.0. The van der Waals surface area contributed by atoms with E-state index in [4.69, 9.17) is 0 Å². The van der Waals surface area contributed by atoms with Crippen LogP contribution in [0.2, 0.25) is 0 Å². The summed E-state index contributed by atoms with van der Waals surface area (Å²) in [4.78, 5) is 6.57. The maximum atomic E-state index is 4.27. The van der Waals surface area contributed by atoms with Gasteiger partial charge in [-0.1, -0.05) is 25.1 Å². The molecule has 22 heavy (non-hydrogen) atoms. The van der Waals surface area contributed by atoms with E-state index < -0.39 is 0 Å². The number of rotatable bonds is 7. The van der Waals surface area contributed by atoms with Crippen molar-refractivity contribution in [2.24, 2.45) is 10.9 Å². The Morgan fingerprint density at radius 1 is 1.27 bits per heavy atom. The Morgan fingerprint density at radius 3 is 2.55 bits per heavy atom. The van der Waals surface area contributed by atoms with Crippen LogP contribution in [-0.2, 0) is 0 Å². The Hall–Kier alpha value is -0.980. The van der Waals surface area contributed by atoms with Crippen molar-refractivity contribution >= 4 is 35.6 Å². The largest absolute Gasteiger partial charge is 0.375 e. The number of para-hydroxylation sites is 1. The average molecular weight is 416 g/mol. The Bertz CT molecular complexity index is 449. The van der Waals surface area contributed by atoms with E-state index in [0.717, 1.165) is 31.4 Å². The third-order valence-corrected chi connectivity index (χ3v) is 4.06. The fourth-order valence-electron chi connectivity index (χ4n) is 2.39. The minimum Gasteiger partial charge on any atom is -0.375 e. The van der Waals surface area contributed by atoms with Crippen molar-refractivity contribution in [2.45, 2.75) is 32.2 Å². The fourth-order valence-corrected chi connectivity index (χ4v) is 2.39. The molecule has 1 aromatic carbocycles. The second-order valence-corrected chi connectivity index (χ2v) is 5.93. The molecule has 1 aliphatic carbocycles. The number of nitrogens with zero attached hydrogens (tertiary/aromatic N) is 2. The van der Waals surface area contributed by atoms with E-state index in [-0.39, 0.29) is 24.0 Å². The molecule has 0 heterocycles. The summed E-state index contributed by atoms with van der Waals surface area (Å²) in [6.45, 7) is 4.32. The number of guanidine groups is 1. The topological polar surface area (TPSA) is 39.7 Å². The van der Waals surface area contributed by atoms with Crippen molar-refractivity contribution in [1.29, 1.82) is 0 Å². The monoisotopic (exact) mass is 416 g/mol. The molecular formula is C17H29IN4. The van der Waals surface area contributed by atoms with Gasteiger partial charge in [-0.05, 0) is 37.3 Å². The summed E-state index contributed by atoms with van der Waals surface area (Å²) in [5, 5.41) is 6.84. The lowest BCUT2D eigenvalue weighted by Crippen LogP contribution is -2.39. The Balaban J connectivity index is 0.00000242. The highest BCUT2D eigenvalue weighted by Crippen LogP contribution is 2.28. The van der Waals surface area contributed by atoms with E-state index in [1.807, 2.05) is 7.05 Å². The Kier molecular flexibility index (Phi) is 8.60. The predicted molar refractivity (Wildman–Crippen MR) is 106 cm³/mol. The molecule has 0 bridgehead atoms. The highest BCUT2D eigenvalue weighted by atomic mass is 127. The van der Waals surface area contributed by atoms with Gasteiger partial charge in [-0.25, -0.2) is 0 Å². The van der Waals surface area contributed by atoms with Crippen LogP contribution < -0.4 is 15.5 Å². The summed E-state index contributed by atoms with van der Waals surface area (Å²) < 4.78 is 0. The second kappa shape index (κ2) is 9.92. The summed E-state index contributed by atoms with van der Waals surface area (Å²) in [7, 11) is 3.99. The van der Waals surface area contributed by atoms with Crippen LogP contribution in [0.3, 0.4) is 0 Å². The molecule has 2 N–H and O–H groups in total. The minimum atomic E-state index is 0. The van der Waals surface area contributed by atoms with Crippen LogP contribution in [0.5, 0.6) is 0 Å². The molecule has 124 valence electrons. The zero-order valence-electron chi connectivity index (χ0n) is 13.9. The number of hydrogen-bond donors (Lipinski definition) is 2. The minimum absolute atomic E-state index is 0. The van der Waals surface area contributed by atoms with Crippen LogP contribution in [0.25, 0.3) is 0 Å². The molecule has 0 saturated heterocycles. The third-order valence-electron chi connectivity index (χ3n) is 4.06. The number of benzene rings is 1. The van der Waals surface area contributed by atoms with Crippen molar-refractivity contribution in [1.82, 2.24) is 10.6 Å². The number of anilines is 1. The van der Waals surface area contributed by atoms with Crippen LogP contribution in [0.1, 0.15) is 26.2 Å². The van der Waals surface area contributed by atoms with Gasteiger partial charge in [0, 0.05) is 38.9 Å². The van der Waals surface area contributed by atoms with Gasteiger partial charge in [0.2, 0.25) is 0 Å². The van der Waals surface area contributed by atoms with Crippen LogP contribution in [0.4, 0.5) is 5.69 Å². The van der Waals surface area contributed by atoms with E-state index in [9.17, 15) is 0 Å². The molecule has 0 amide bonds. The van der Waals surface area contributed by atoms with Crippen molar-refractivity contribution < 1.29 is 0 Å². The van der Waals surface area contributed by atoms with Gasteiger partial charge in [0.1, 0.15) is 0 Å². The van der Waals surface area contributed by atoms with Gasteiger partial charge in [-0.2, -0.15) is 0 Å². The molecule has 1 saturated carbocycles. The lowest BCUT2D eigenvalue weighted by atomic mass is 10.2. The molecule has 0 radical (unpaired) electrons. The van der Waals surface area contributed by atoms with E-state index in [2.05, 4.69) is 64.8 Å². The van der Waals surface area contributed by atoms with E-state index in [1.165, 1.54) is 18.5 Å². The maximum absolute atomic E-state index is 4.27. The summed E-state index contributed by atoms with van der Waals surface area (Å²) >= 11 is 0. The van der Waals surface area contributed by atoms with Crippen LogP contribution in [0, 0.1) is 5.92 Å². The first-order chi connectivity index (χ1) is 10.2. The molecule has 0 spiro atoms. The quantitative estimate of drug-likeness (QED) is 0.311. The number of unbranched alkanes of at least 4 members (excludes halogenated alkanes) is 1. The number of halogens is 1. The smallest absolute Gasteiger partial charge is 0.191 e. The second-order valence-electron chi connectivity index (χ2n) is 5.93. The predicted octanol–water partition coefficient (Wildman–Crippen LogP) is 3.09. The van der Waals surface area contributed by atoms with Crippen LogP contribution in [0.15, 0.2) is 35.3 Å². The van der Waals surface area contributed by atoms with Gasteiger partial charge in [-0.3, -0.25) is 4.99 Å². The first-order valence-corrected chi connectivity index (χ1v) is 7.94. The molecule has 1 fully saturated rings. The summed E-state index contributed by atoms with van der Waals surface area (Å²) in [5.74, 6) is 1.74. The molecule has 2 rings (SSSR count). The van der Waals surface area contributed by atoms with Gasteiger partial charge in [0.05, 0.1) is 0 Å². The first-order valence-electron chi connectivity index (χ1n) is 7.94. The Morgan fingerprint density at radius 2 is 1.95 bits per heavy atom. The molecule has 5 heteroatoms. The summed E-state index contributed by atoms with van der Waals surface area (Å²) in [6.07, 6.45) is 3.59. The molecule has 2 unspecified atom stereocenters. The van der Waals surface area contributed by atoms with Gasteiger partial charge in [-0.15, -0.1) is 24.0 Å². The SMILES string of the molecule is CN=C(NCCCCN(C)c1ccccc1)NC1CC1C.I. The van der Waals surface area contributed by atoms with Crippen LogP contribution in [-0.4, -0.2) is 39.2 Å². The van der Waals surface area contributed by atoms with E-state index >= 15 is 0 Å². The standard InChI is InChI=1S/C17H28N4.HI/c1-14-13-16(14)20-17(18-2)19-11-7-8-12-21(3)15-9-5-4-6-10-15;/h4-6,9-10,14,16H,7-8,11-13H2,1-3H3,(H2,18,19,20);1H. The molecule has 1 aliphatic rings. The molecular weight excluding hydrogens is 387 g/mol. The van der Waals surface area contributed by atoms with E-state index in [0.29, 0.717) is 6.04 Å². The highest BCUT2D eigenvalue weighted by Gasteiger charge is 2.33.